The second-order valence-corrected chi connectivity index (χ2v) is 14.4. The van der Waals surface area contributed by atoms with E-state index in [1.807, 2.05) is 88.4 Å². The zero-order valence-electron chi connectivity index (χ0n) is 28.6. The van der Waals surface area contributed by atoms with Gasteiger partial charge in [0.1, 0.15) is 17.5 Å². The molecule has 1 aromatic heterocycles. The molecule has 48 heavy (non-hydrogen) atoms. The van der Waals surface area contributed by atoms with Gasteiger partial charge in [-0.05, 0) is 94.5 Å². The molecule has 0 atom stereocenters. The Bertz CT molecular complexity index is 1580. The molecule has 0 saturated heterocycles. The summed E-state index contributed by atoms with van der Waals surface area (Å²) in [6.07, 6.45) is 5.02. The van der Waals surface area contributed by atoms with E-state index < -0.39 is 22.8 Å². The van der Waals surface area contributed by atoms with Gasteiger partial charge in [-0.3, -0.25) is 4.79 Å². The molecule has 2 aliphatic carbocycles. The van der Waals surface area contributed by atoms with Crippen molar-refractivity contribution in [3.8, 4) is 22.3 Å². The second kappa shape index (κ2) is 14.4. The van der Waals surface area contributed by atoms with E-state index in [1.54, 1.807) is 13.1 Å². The highest BCUT2D eigenvalue weighted by Gasteiger charge is 2.53. The van der Waals surface area contributed by atoms with Gasteiger partial charge in [-0.1, -0.05) is 54.6 Å². The minimum Gasteiger partial charge on any atom is -0.446 e. The molecule has 0 aliphatic heterocycles. The molecule has 10 heteroatoms. The first-order chi connectivity index (χ1) is 22.7. The van der Waals surface area contributed by atoms with Crippen LogP contribution in [0.5, 0.6) is 0 Å². The standard InChI is InChI=1S/C38H48N4O6/c1-6-39-34(44)47-29-18-12-25(13-19-29)20-33(43)41-32-21-30(26-10-8-7-9-11-26)31(22-40-32)27-14-16-28(17-15-27)38(23-37(5,46)24-38)42-35(45)48-36(2,3)4/h7-11,14-17,21-22,25,29,46H,6,12-13,18-20,23-24H2,1-5H3,(H,39,44)(H,42,45)(H,40,41,43). The van der Waals surface area contributed by atoms with Crippen LogP contribution in [0.25, 0.3) is 22.3 Å². The highest BCUT2D eigenvalue weighted by molar-refractivity contribution is 5.92. The number of nitrogens with one attached hydrogen (secondary N) is 3. The molecule has 3 aromatic rings. The fraction of sp³-hybridized carbons (Fsp3) is 0.474. The summed E-state index contributed by atoms with van der Waals surface area (Å²) in [5.74, 6) is 0.605. The third kappa shape index (κ3) is 8.92. The summed E-state index contributed by atoms with van der Waals surface area (Å²) in [5, 5.41) is 19.3. The smallest absolute Gasteiger partial charge is 0.408 e. The first kappa shape index (κ1) is 34.9. The van der Waals surface area contributed by atoms with E-state index in [1.165, 1.54) is 0 Å². The van der Waals surface area contributed by atoms with Crippen molar-refractivity contribution in [3.05, 3.63) is 72.4 Å². The fourth-order valence-corrected chi connectivity index (χ4v) is 6.94. The van der Waals surface area contributed by atoms with Crippen LogP contribution in [0.1, 0.15) is 85.1 Å². The average Bonchev–Trinajstić information content (AvgIpc) is 3.00. The summed E-state index contributed by atoms with van der Waals surface area (Å²) >= 11 is 0. The summed E-state index contributed by atoms with van der Waals surface area (Å²) in [6, 6.07) is 19.8. The Morgan fingerprint density at radius 3 is 2.17 bits per heavy atom. The van der Waals surface area contributed by atoms with E-state index in [-0.39, 0.29) is 24.0 Å². The van der Waals surface area contributed by atoms with Crippen molar-refractivity contribution in [2.75, 3.05) is 11.9 Å². The Hall–Kier alpha value is -4.44. The number of alkyl carbamates (subject to hydrolysis) is 2. The lowest BCUT2D eigenvalue weighted by molar-refractivity contribution is -0.117. The van der Waals surface area contributed by atoms with Crippen LogP contribution in [0, 0.1) is 5.92 Å². The van der Waals surface area contributed by atoms with E-state index in [4.69, 9.17) is 9.47 Å². The molecule has 2 aliphatic rings. The van der Waals surface area contributed by atoms with Gasteiger partial charge in [0.15, 0.2) is 0 Å². The van der Waals surface area contributed by atoms with Crippen LogP contribution in [0.2, 0.25) is 0 Å². The van der Waals surface area contributed by atoms with Crippen LogP contribution in [0.15, 0.2) is 66.9 Å². The Kier molecular flexibility index (Phi) is 10.4. The third-order valence-electron chi connectivity index (χ3n) is 8.97. The first-order valence-corrected chi connectivity index (χ1v) is 16.9. The number of rotatable bonds is 9. The molecule has 2 saturated carbocycles. The van der Waals surface area contributed by atoms with Gasteiger partial charge in [-0.2, -0.15) is 0 Å². The van der Waals surface area contributed by atoms with Crippen molar-refractivity contribution in [3.63, 3.8) is 0 Å². The lowest BCUT2D eigenvalue weighted by atomic mass is 9.62. The monoisotopic (exact) mass is 656 g/mol. The maximum absolute atomic E-state index is 13.1. The van der Waals surface area contributed by atoms with E-state index in [0.717, 1.165) is 53.5 Å². The molecule has 256 valence electrons. The van der Waals surface area contributed by atoms with E-state index in [0.29, 0.717) is 31.6 Å². The number of ether oxygens (including phenoxy) is 2. The van der Waals surface area contributed by atoms with Gasteiger partial charge < -0.3 is 30.5 Å². The highest BCUT2D eigenvalue weighted by atomic mass is 16.6. The minimum atomic E-state index is -0.890. The van der Waals surface area contributed by atoms with Gasteiger partial charge in [-0.15, -0.1) is 0 Å². The number of hydrogen-bond acceptors (Lipinski definition) is 7. The number of aromatic nitrogens is 1. The van der Waals surface area contributed by atoms with Crippen LogP contribution < -0.4 is 16.0 Å². The van der Waals surface area contributed by atoms with Gasteiger partial charge in [0, 0.05) is 37.6 Å². The molecule has 2 aromatic carbocycles. The predicted octanol–water partition coefficient (Wildman–Crippen LogP) is 7.31. The number of benzene rings is 2. The third-order valence-corrected chi connectivity index (χ3v) is 8.97. The summed E-state index contributed by atoms with van der Waals surface area (Å²) in [7, 11) is 0. The molecule has 5 rings (SSSR count). The topological polar surface area (TPSA) is 139 Å². The first-order valence-electron chi connectivity index (χ1n) is 16.9. The van der Waals surface area contributed by atoms with Crippen LogP contribution in [0.3, 0.4) is 0 Å². The largest absolute Gasteiger partial charge is 0.446 e. The summed E-state index contributed by atoms with van der Waals surface area (Å²) < 4.78 is 11.0. The molecule has 3 amide bonds. The quantitative estimate of drug-likeness (QED) is 0.189. The van der Waals surface area contributed by atoms with Crippen LogP contribution >= 0.6 is 0 Å². The summed E-state index contributed by atoms with van der Waals surface area (Å²) in [4.78, 5) is 42.2. The molecule has 4 N–H and O–H groups in total. The molecule has 0 unspecified atom stereocenters. The zero-order chi connectivity index (χ0) is 34.5. The Morgan fingerprint density at radius 1 is 0.917 bits per heavy atom. The lowest BCUT2D eigenvalue weighted by Crippen LogP contribution is -2.62. The average molecular weight is 657 g/mol. The number of pyridine rings is 1. The minimum absolute atomic E-state index is 0.0918. The van der Waals surface area contributed by atoms with Crippen molar-refractivity contribution < 1.29 is 29.0 Å². The summed E-state index contributed by atoms with van der Waals surface area (Å²) in [5.41, 5.74) is 2.33. The van der Waals surface area contributed by atoms with Gasteiger partial charge in [0.05, 0.1) is 11.1 Å². The molecule has 10 nitrogen and oxygen atoms in total. The number of hydrogen-bond donors (Lipinski definition) is 4. The van der Waals surface area contributed by atoms with Crippen molar-refractivity contribution in [2.24, 2.45) is 5.92 Å². The number of carbonyl (C=O) groups is 3. The normalized spacial score (nSPS) is 23.7. The number of nitrogens with zero attached hydrogens (tertiary/aromatic N) is 1. The SMILES string of the molecule is CCNC(=O)OC1CCC(CC(=O)Nc2cc(-c3ccccc3)c(-c3ccc(C4(NC(=O)OC(C)(C)C)CC(C)(O)C4)cc3)cn2)CC1. The van der Waals surface area contributed by atoms with E-state index in [2.05, 4.69) is 20.9 Å². The Morgan fingerprint density at radius 2 is 1.56 bits per heavy atom. The molecule has 0 spiro atoms. The van der Waals surface area contributed by atoms with Gasteiger partial charge in [0.2, 0.25) is 5.91 Å². The predicted molar refractivity (Wildman–Crippen MR) is 185 cm³/mol. The van der Waals surface area contributed by atoms with Crippen molar-refractivity contribution in [1.82, 2.24) is 15.6 Å². The molecule has 0 bridgehead atoms. The number of anilines is 1. The molecule has 1 heterocycles. The van der Waals surface area contributed by atoms with Crippen molar-refractivity contribution in [2.45, 2.75) is 102 Å². The van der Waals surface area contributed by atoms with E-state index in [9.17, 15) is 19.5 Å². The van der Waals surface area contributed by atoms with Gasteiger partial charge in [-0.25, -0.2) is 14.6 Å². The van der Waals surface area contributed by atoms with Crippen LogP contribution in [0.4, 0.5) is 15.4 Å². The highest BCUT2D eigenvalue weighted by Crippen LogP contribution is 2.49. The number of carbonyl (C=O) groups excluding carboxylic acids is 3. The Balaban J connectivity index is 1.30. The molecule has 0 radical (unpaired) electrons. The maximum atomic E-state index is 13.1. The van der Waals surface area contributed by atoms with Gasteiger partial charge in [0.25, 0.3) is 0 Å². The van der Waals surface area contributed by atoms with E-state index >= 15 is 0 Å². The van der Waals surface area contributed by atoms with Crippen molar-refractivity contribution in [1.29, 1.82) is 0 Å². The molecular formula is C38H48N4O6. The fourth-order valence-electron chi connectivity index (χ4n) is 6.94. The van der Waals surface area contributed by atoms with Crippen LogP contribution in [-0.4, -0.2) is 52.0 Å². The maximum Gasteiger partial charge on any atom is 0.408 e. The molecular weight excluding hydrogens is 608 g/mol. The zero-order valence-corrected chi connectivity index (χ0v) is 28.6. The van der Waals surface area contributed by atoms with Gasteiger partial charge >= 0.3 is 12.2 Å². The van der Waals surface area contributed by atoms with Crippen molar-refractivity contribution >= 4 is 23.9 Å². The molecule has 2 fully saturated rings. The second-order valence-electron chi connectivity index (χ2n) is 14.4. The number of amides is 3. The number of aliphatic hydroxyl groups is 1. The Labute approximate surface area is 283 Å². The van der Waals surface area contributed by atoms with Crippen LogP contribution in [-0.2, 0) is 19.8 Å². The summed E-state index contributed by atoms with van der Waals surface area (Å²) in [6.45, 7) is 9.61. The lowest BCUT2D eigenvalue weighted by Gasteiger charge is -2.52.